The highest BCUT2D eigenvalue weighted by Crippen LogP contribution is 2.25. The Morgan fingerprint density at radius 2 is 1.81 bits per heavy atom. The Kier molecular flexibility index (Phi) is 8.40. The van der Waals surface area contributed by atoms with Crippen molar-refractivity contribution in [3.05, 3.63) is 59.2 Å². The van der Waals surface area contributed by atoms with Gasteiger partial charge in [-0.15, -0.1) is 0 Å². The van der Waals surface area contributed by atoms with Crippen molar-refractivity contribution < 1.29 is 17.9 Å². The first kappa shape index (κ1) is 23.6. The highest BCUT2D eigenvalue weighted by Gasteiger charge is 2.24. The molecule has 6 nitrogen and oxygen atoms in total. The monoisotopic (exact) mass is 462 g/mol. The number of nitrogens with one attached hydrogen (secondary N) is 1. The number of nitrogens with zero attached hydrogens (tertiary/aromatic N) is 1. The van der Waals surface area contributed by atoms with Gasteiger partial charge in [0.05, 0.1) is 17.6 Å². The van der Waals surface area contributed by atoms with E-state index in [0.717, 1.165) is 25.0 Å². The topological polar surface area (TPSA) is 75.7 Å². The van der Waals surface area contributed by atoms with E-state index in [-0.39, 0.29) is 10.8 Å². The maximum absolute atomic E-state index is 12.9. The fraction of sp³-hybridized carbons (Fsp3) is 0.435. The third-order valence-electron chi connectivity index (χ3n) is 5.28. The number of piperidine rings is 1. The Hall–Kier alpha value is -2.03. The molecule has 1 saturated heterocycles. The summed E-state index contributed by atoms with van der Waals surface area (Å²) in [4.78, 5) is 14.8. The Labute approximate surface area is 189 Å². The highest BCUT2D eigenvalue weighted by atomic mass is 32.2. The van der Waals surface area contributed by atoms with Crippen molar-refractivity contribution in [2.45, 2.75) is 36.8 Å². The lowest BCUT2D eigenvalue weighted by atomic mass is 10.1. The predicted molar refractivity (Wildman–Crippen MR) is 125 cm³/mol. The van der Waals surface area contributed by atoms with Crippen molar-refractivity contribution in [3.63, 3.8) is 0 Å². The number of thioether (sulfide) groups is 1. The number of amides is 1. The Bertz CT molecular complexity index is 985. The van der Waals surface area contributed by atoms with Crippen LogP contribution in [-0.4, -0.2) is 51.7 Å². The lowest BCUT2D eigenvalue weighted by Crippen LogP contribution is -2.36. The first-order chi connectivity index (χ1) is 14.9. The number of sulfonamides is 1. The molecule has 1 fully saturated rings. The number of hydrogen-bond donors (Lipinski definition) is 1. The minimum Gasteiger partial charge on any atom is -0.496 e. The lowest BCUT2D eigenvalue weighted by molar-refractivity contribution is 0.0720. The van der Waals surface area contributed by atoms with Gasteiger partial charge in [-0.3, -0.25) is 4.79 Å². The van der Waals surface area contributed by atoms with E-state index < -0.39 is 10.0 Å². The van der Waals surface area contributed by atoms with Crippen LogP contribution in [-0.2, 0) is 15.8 Å². The average molecular weight is 463 g/mol. The van der Waals surface area contributed by atoms with Gasteiger partial charge in [0, 0.05) is 31.1 Å². The number of likely N-dealkylation sites (tertiary alicyclic amines) is 1. The zero-order valence-corrected chi connectivity index (χ0v) is 19.7. The van der Waals surface area contributed by atoms with Crippen LogP contribution in [0.25, 0.3) is 0 Å². The van der Waals surface area contributed by atoms with E-state index in [2.05, 4.69) is 35.9 Å². The SMILES string of the molecule is COc1ccc(S(=O)(=O)NCCSCc2ccc(C)cc2)cc1C(=O)N1CCCCC1. The van der Waals surface area contributed by atoms with Crippen LogP contribution in [0.1, 0.15) is 40.7 Å². The highest BCUT2D eigenvalue weighted by molar-refractivity contribution is 7.98. The molecule has 1 aliphatic rings. The maximum Gasteiger partial charge on any atom is 0.257 e. The van der Waals surface area contributed by atoms with Crippen LogP contribution in [0.2, 0.25) is 0 Å². The number of carbonyl (C=O) groups excluding carboxylic acids is 1. The molecule has 2 aromatic rings. The smallest absolute Gasteiger partial charge is 0.257 e. The summed E-state index contributed by atoms with van der Waals surface area (Å²) in [5.41, 5.74) is 2.73. The number of carbonyl (C=O) groups is 1. The van der Waals surface area contributed by atoms with Gasteiger partial charge in [-0.25, -0.2) is 13.1 Å². The second-order valence-corrected chi connectivity index (χ2v) is 10.5. The Morgan fingerprint density at radius 3 is 2.48 bits per heavy atom. The van der Waals surface area contributed by atoms with Crippen LogP contribution in [0, 0.1) is 6.92 Å². The maximum atomic E-state index is 12.9. The van der Waals surface area contributed by atoms with E-state index >= 15 is 0 Å². The second-order valence-electron chi connectivity index (χ2n) is 7.65. The second kappa shape index (κ2) is 11.0. The van der Waals surface area contributed by atoms with Gasteiger partial charge in [-0.1, -0.05) is 29.8 Å². The molecule has 8 heteroatoms. The van der Waals surface area contributed by atoms with E-state index in [4.69, 9.17) is 4.74 Å². The number of rotatable bonds is 9. The number of ether oxygens (including phenoxy) is 1. The van der Waals surface area contributed by atoms with Crippen molar-refractivity contribution in [3.8, 4) is 5.75 Å². The average Bonchev–Trinajstić information content (AvgIpc) is 2.79. The summed E-state index contributed by atoms with van der Waals surface area (Å²) in [6.45, 7) is 3.75. The molecule has 168 valence electrons. The van der Waals surface area contributed by atoms with Gasteiger partial charge < -0.3 is 9.64 Å². The van der Waals surface area contributed by atoms with Crippen molar-refractivity contribution in [2.75, 3.05) is 32.5 Å². The van der Waals surface area contributed by atoms with Gasteiger partial charge in [0.25, 0.3) is 5.91 Å². The van der Waals surface area contributed by atoms with Crippen molar-refractivity contribution in [2.24, 2.45) is 0 Å². The Balaban J connectivity index is 1.60. The summed E-state index contributed by atoms with van der Waals surface area (Å²) >= 11 is 1.67. The fourth-order valence-electron chi connectivity index (χ4n) is 3.49. The molecule has 0 bridgehead atoms. The summed E-state index contributed by atoms with van der Waals surface area (Å²) in [7, 11) is -2.23. The number of methoxy groups -OCH3 is 1. The first-order valence-corrected chi connectivity index (χ1v) is 13.1. The van der Waals surface area contributed by atoms with E-state index in [0.29, 0.717) is 36.7 Å². The van der Waals surface area contributed by atoms with Crippen LogP contribution < -0.4 is 9.46 Å². The molecular weight excluding hydrogens is 432 g/mol. The summed E-state index contributed by atoms with van der Waals surface area (Å²) < 4.78 is 33.5. The van der Waals surface area contributed by atoms with Gasteiger partial charge in [0.1, 0.15) is 5.75 Å². The summed E-state index contributed by atoms with van der Waals surface area (Å²) in [6, 6.07) is 12.8. The fourth-order valence-corrected chi connectivity index (χ4v) is 5.50. The van der Waals surface area contributed by atoms with Crippen LogP contribution in [0.3, 0.4) is 0 Å². The number of benzene rings is 2. The van der Waals surface area contributed by atoms with E-state index in [1.165, 1.54) is 30.4 Å². The molecule has 1 heterocycles. The van der Waals surface area contributed by atoms with E-state index in [1.54, 1.807) is 22.7 Å². The van der Waals surface area contributed by atoms with Crippen molar-refractivity contribution >= 4 is 27.7 Å². The molecule has 0 saturated carbocycles. The van der Waals surface area contributed by atoms with Crippen LogP contribution >= 0.6 is 11.8 Å². The molecule has 0 spiro atoms. The molecule has 0 atom stereocenters. The minimum atomic E-state index is -3.71. The first-order valence-electron chi connectivity index (χ1n) is 10.5. The molecule has 0 aliphatic carbocycles. The van der Waals surface area contributed by atoms with Crippen molar-refractivity contribution in [1.82, 2.24) is 9.62 Å². The molecule has 1 amide bonds. The van der Waals surface area contributed by atoms with Crippen LogP contribution in [0.15, 0.2) is 47.4 Å². The zero-order chi connectivity index (χ0) is 22.3. The summed E-state index contributed by atoms with van der Waals surface area (Å²) in [6.07, 6.45) is 3.04. The molecule has 0 radical (unpaired) electrons. The van der Waals surface area contributed by atoms with Crippen LogP contribution in [0.5, 0.6) is 5.75 Å². The molecule has 3 rings (SSSR count). The van der Waals surface area contributed by atoms with Gasteiger partial charge in [0.2, 0.25) is 10.0 Å². The lowest BCUT2D eigenvalue weighted by Gasteiger charge is -2.27. The molecule has 2 aromatic carbocycles. The Morgan fingerprint density at radius 1 is 1.10 bits per heavy atom. The van der Waals surface area contributed by atoms with Crippen molar-refractivity contribution in [1.29, 1.82) is 0 Å². The van der Waals surface area contributed by atoms with E-state index in [1.807, 2.05) is 0 Å². The zero-order valence-electron chi connectivity index (χ0n) is 18.1. The van der Waals surface area contributed by atoms with E-state index in [9.17, 15) is 13.2 Å². The normalized spacial score (nSPS) is 14.5. The van der Waals surface area contributed by atoms with Gasteiger partial charge in [0.15, 0.2) is 0 Å². The standard InChI is InChI=1S/C23H30N2O4S2/c1-18-6-8-19(9-7-18)17-30-15-12-24-31(27,28)20-10-11-22(29-2)21(16-20)23(26)25-13-4-3-5-14-25/h6-11,16,24H,3-5,12-15,17H2,1-2H3. The van der Waals surface area contributed by atoms with Gasteiger partial charge in [-0.05, 0) is 49.9 Å². The molecule has 1 N–H and O–H groups in total. The molecule has 1 aliphatic heterocycles. The number of aryl methyl sites for hydroxylation is 1. The predicted octanol–water partition coefficient (Wildman–Crippen LogP) is 3.84. The van der Waals surface area contributed by atoms with Gasteiger partial charge in [-0.2, -0.15) is 11.8 Å². The third kappa shape index (κ3) is 6.48. The largest absolute Gasteiger partial charge is 0.496 e. The molecular formula is C23H30N2O4S2. The van der Waals surface area contributed by atoms with Crippen LogP contribution in [0.4, 0.5) is 0 Å². The third-order valence-corrected chi connectivity index (χ3v) is 7.77. The van der Waals surface area contributed by atoms with Gasteiger partial charge >= 0.3 is 0 Å². The molecule has 31 heavy (non-hydrogen) atoms. The quantitative estimate of drug-likeness (QED) is 0.573. The number of hydrogen-bond acceptors (Lipinski definition) is 5. The summed E-state index contributed by atoms with van der Waals surface area (Å²) in [5.74, 6) is 1.70. The minimum absolute atomic E-state index is 0.0807. The molecule has 0 aromatic heterocycles. The summed E-state index contributed by atoms with van der Waals surface area (Å²) in [5, 5.41) is 0. The molecule has 0 unspecified atom stereocenters.